The third-order valence-corrected chi connectivity index (χ3v) is 5.16. The van der Waals surface area contributed by atoms with E-state index in [-0.39, 0.29) is 0 Å². The van der Waals surface area contributed by atoms with Gasteiger partial charge in [0, 0.05) is 29.3 Å². The molecular formula is C21H31ClN2S. The molecule has 0 amide bonds. The molecule has 0 aliphatic rings. The Labute approximate surface area is 163 Å². The smallest absolute Gasteiger partial charge is 0.0882 e. The van der Waals surface area contributed by atoms with Gasteiger partial charge in [0.15, 0.2) is 0 Å². The lowest BCUT2D eigenvalue weighted by Crippen LogP contribution is -2.26. The molecule has 4 heteroatoms. The lowest BCUT2D eigenvalue weighted by molar-refractivity contribution is 0.387. The topological polar surface area (TPSA) is 15.3 Å². The molecule has 0 radical (unpaired) electrons. The molecule has 0 heterocycles. The predicted molar refractivity (Wildman–Crippen MR) is 115 cm³/mol. The lowest BCUT2D eigenvalue weighted by Gasteiger charge is -2.26. The zero-order valence-corrected chi connectivity index (χ0v) is 17.3. The highest BCUT2D eigenvalue weighted by molar-refractivity contribution is 7.99. The van der Waals surface area contributed by atoms with Crippen LogP contribution in [-0.2, 0) is 0 Å². The number of allylic oxidation sites excluding steroid dienone is 2. The van der Waals surface area contributed by atoms with Crippen LogP contribution in [0.25, 0.3) is 5.70 Å². The minimum Gasteiger partial charge on any atom is -0.365 e. The first-order valence-corrected chi connectivity index (χ1v) is 10.4. The molecule has 0 unspecified atom stereocenters. The molecule has 0 atom stereocenters. The van der Waals surface area contributed by atoms with Crippen molar-refractivity contribution >= 4 is 29.1 Å². The van der Waals surface area contributed by atoms with Crippen molar-refractivity contribution in [2.24, 2.45) is 0 Å². The number of hydrogen-bond acceptors (Lipinski definition) is 3. The fourth-order valence-corrected chi connectivity index (χ4v) is 3.81. The van der Waals surface area contributed by atoms with Gasteiger partial charge in [0.25, 0.3) is 0 Å². The van der Waals surface area contributed by atoms with Gasteiger partial charge < -0.3 is 10.2 Å². The molecule has 0 saturated carbocycles. The van der Waals surface area contributed by atoms with E-state index in [1.165, 1.54) is 4.90 Å². The van der Waals surface area contributed by atoms with Gasteiger partial charge in [0.2, 0.25) is 0 Å². The van der Waals surface area contributed by atoms with Crippen molar-refractivity contribution in [2.75, 3.05) is 32.4 Å². The van der Waals surface area contributed by atoms with E-state index in [1.807, 2.05) is 18.8 Å². The maximum atomic E-state index is 6.59. The number of halogens is 1. The second kappa shape index (κ2) is 13.1. The summed E-state index contributed by atoms with van der Waals surface area (Å²) in [5.74, 6) is 1.07. The highest BCUT2D eigenvalue weighted by atomic mass is 35.5. The van der Waals surface area contributed by atoms with E-state index in [2.05, 4.69) is 66.7 Å². The van der Waals surface area contributed by atoms with E-state index in [4.69, 9.17) is 11.6 Å². The number of thioether (sulfide) groups is 1. The van der Waals surface area contributed by atoms with Crippen LogP contribution < -0.4 is 5.32 Å². The summed E-state index contributed by atoms with van der Waals surface area (Å²) in [7, 11) is 1.98. The van der Waals surface area contributed by atoms with E-state index in [9.17, 15) is 0 Å². The highest BCUT2D eigenvalue weighted by Gasteiger charge is 2.14. The van der Waals surface area contributed by atoms with Crippen LogP contribution in [0.3, 0.4) is 0 Å². The van der Waals surface area contributed by atoms with E-state index < -0.39 is 0 Å². The average molecular weight is 379 g/mol. The third-order valence-electron chi connectivity index (χ3n) is 3.82. The van der Waals surface area contributed by atoms with E-state index in [0.717, 1.165) is 60.9 Å². The van der Waals surface area contributed by atoms with Crippen molar-refractivity contribution in [1.82, 2.24) is 10.2 Å². The van der Waals surface area contributed by atoms with Crippen molar-refractivity contribution in [2.45, 2.75) is 38.0 Å². The summed E-state index contributed by atoms with van der Waals surface area (Å²) in [6, 6.07) is 6.32. The van der Waals surface area contributed by atoms with Crippen LogP contribution in [0.1, 0.15) is 38.7 Å². The van der Waals surface area contributed by atoms with Crippen LogP contribution in [0.15, 0.2) is 47.6 Å². The first kappa shape index (κ1) is 21.9. The van der Waals surface area contributed by atoms with Crippen molar-refractivity contribution in [3.63, 3.8) is 0 Å². The van der Waals surface area contributed by atoms with Crippen LogP contribution >= 0.6 is 23.4 Å². The zero-order valence-electron chi connectivity index (χ0n) is 15.8. The quantitative estimate of drug-likeness (QED) is 0.213. The highest BCUT2D eigenvalue weighted by Crippen LogP contribution is 2.31. The first-order valence-electron chi connectivity index (χ1n) is 9.01. The van der Waals surface area contributed by atoms with Gasteiger partial charge in [-0.15, -0.1) is 17.5 Å². The third kappa shape index (κ3) is 7.75. The zero-order chi connectivity index (χ0) is 18.5. The molecule has 2 nitrogen and oxygen atoms in total. The van der Waals surface area contributed by atoms with Gasteiger partial charge in [-0.3, -0.25) is 0 Å². The number of benzene rings is 1. The van der Waals surface area contributed by atoms with Crippen LogP contribution in [0, 0.1) is 0 Å². The molecule has 0 fully saturated rings. The molecule has 1 aromatic carbocycles. The van der Waals surface area contributed by atoms with Crippen LogP contribution in [0.5, 0.6) is 0 Å². The van der Waals surface area contributed by atoms with E-state index in [1.54, 1.807) is 0 Å². The molecule has 0 saturated heterocycles. The van der Waals surface area contributed by atoms with Gasteiger partial charge in [0.05, 0.1) is 10.7 Å². The van der Waals surface area contributed by atoms with Crippen LogP contribution in [0.2, 0.25) is 5.02 Å². The van der Waals surface area contributed by atoms with Crippen LogP contribution in [0.4, 0.5) is 0 Å². The predicted octanol–water partition coefficient (Wildman–Crippen LogP) is 5.85. The van der Waals surface area contributed by atoms with Crippen LogP contribution in [-0.4, -0.2) is 37.3 Å². The molecule has 138 valence electrons. The van der Waals surface area contributed by atoms with Crippen molar-refractivity contribution in [3.8, 4) is 0 Å². The summed E-state index contributed by atoms with van der Waals surface area (Å²) in [6.07, 6.45) is 7.52. The maximum absolute atomic E-state index is 6.59. The number of rotatable bonds is 12. The summed E-state index contributed by atoms with van der Waals surface area (Å²) < 4.78 is 0. The second-order valence-electron chi connectivity index (χ2n) is 5.82. The molecule has 0 aliphatic heterocycles. The molecule has 25 heavy (non-hydrogen) atoms. The molecule has 1 aromatic rings. The fourth-order valence-electron chi connectivity index (χ4n) is 2.62. The normalized spacial score (nSPS) is 10.9. The lowest BCUT2D eigenvalue weighted by atomic mass is 10.1. The molecule has 1 N–H and O–H groups in total. The van der Waals surface area contributed by atoms with Gasteiger partial charge in [-0.05, 0) is 58.0 Å². The van der Waals surface area contributed by atoms with Crippen molar-refractivity contribution in [3.05, 3.63) is 53.2 Å². The number of hydrogen-bond donors (Lipinski definition) is 1. The van der Waals surface area contributed by atoms with Crippen molar-refractivity contribution < 1.29 is 0 Å². The van der Waals surface area contributed by atoms with Gasteiger partial charge in [-0.1, -0.05) is 37.3 Å². The molecule has 0 spiro atoms. The molecule has 1 rings (SSSR count). The SMILES string of the molecule is C=C=C(c1ccc(SCC/C=C\C)cc1Cl)N(CCC)CCCNC. The summed E-state index contributed by atoms with van der Waals surface area (Å²) >= 11 is 8.43. The monoisotopic (exact) mass is 378 g/mol. The summed E-state index contributed by atoms with van der Waals surface area (Å²) in [4.78, 5) is 3.55. The van der Waals surface area contributed by atoms with Gasteiger partial charge in [-0.25, -0.2) is 0 Å². The Morgan fingerprint density at radius 1 is 1.40 bits per heavy atom. The standard InChI is InChI=1S/C21H31ClN2S/c1-5-8-9-16-25-18-11-12-19(20(22)17-18)21(7-3)24(14-6-2)15-10-13-23-4/h5,8,11-12,17,23H,3,6,9-10,13-16H2,1-2,4H3/b8-5-. The Bertz CT molecular complexity index is 592. The Morgan fingerprint density at radius 3 is 2.80 bits per heavy atom. The number of nitrogens with zero attached hydrogens (tertiary/aromatic N) is 1. The maximum Gasteiger partial charge on any atom is 0.0882 e. The van der Waals surface area contributed by atoms with E-state index in [0.29, 0.717) is 0 Å². The molecule has 0 aromatic heterocycles. The minimum absolute atomic E-state index is 0.775. The Hall–Kier alpha value is -1.12. The largest absolute Gasteiger partial charge is 0.365 e. The van der Waals surface area contributed by atoms with Gasteiger partial charge in [-0.2, -0.15) is 0 Å². The summed E-state index contributed by atoms with van der Waals surface area (Å²) in [5, 5.41) is 3.98. The summed E-state index contributed by atoms with van der Waals surface area (Å²) in [5.41, 5.74) is 5.15. The van der Waals surface area contributed by atoms with Gasteiger partial charge >= 0.3 is 0 Å². The Balaban J connectivity index is 2.88. The number of nitrogens with one attached hydrogen (secondary N) is 1. The molecule has 0 bridgehead atoms. The second-order valence-corrected chi connectivity index (χ2v) is 7.39. The minimum atomic E-state index is 0.775. The van der Waals surface area contributed by atoms with Crippen molar-refractivity contribution in [1.29, 1.82) is 0 Å². The first-order chi connectivity index (χ1) is 12.2. The fraction of sp³-hybridized carbons (Fsp3) is 0.476. The average Bonchev–Trinajstić information content (AvgIpc) is 2.61. The van der Waals surface area contributed by atoms with Gasteiger partial charge in [0.1, 0.15) is 0 Å². The molecule has 0 aliphatic carbocycles. The molecular weight excluding hydrogens is 348 g/mol. The summed E-state index contributed by atoms with van der Waals surface area (Å²) in [6.45, 7) is 11.1. The van der Waals surface area contributed by atoms with E-state index >= 15 is 0 Å². The Morgan fingerprint density at radius 2 is 2.20 bits per heavy atom. The Kier molecular flexibility index (Phi) is 11.5.